The van der Waals surface area contributed by atoms with E-state index < -0.39 is 11.4 Å². The molecule has 1 aliphatic rings. The van der Waals surface area contributed by atoms with E-state index in [1.165, 1.54) is 12.1 Å². The molecule has 1 saturated carbocycles. The van der Waals surface area contributed by atoms with Gasteiger partial charge in [0, 0.05) is 6.92 Å². The van der Waals surface area contributed by atoms with E-state index in [1.807, 2.05) is 0 Å². The zero-order chi connectivity index (χ0) is 16.4. The molecule has 0 unspecified atom stereocenters. The normalized spacial score (nSPS) is 17.0. The molecular formula is C16H17ClFN3O2. The molecule has 3 rings (SSSR count). The Kier molecular flexibility index (Phi) is 4.35. The fourth-order valence-electron chi connectivity index (χ4n) is 3.01. The Morgan fingerprint density at radius 1 is 1.35 bits per heavy atom. The number of nitrogens with zero attached hydrogens (tertiary/aromatic N) is 2. The van der Waals surface area contributed by atoms with Crippen molar-refractivity contribution in [1.82, 2.24) is 15.5 Å². The first-order valence-corrected chi connectivity index (χ1v) is 7.96. The lowest BCUT2D eigenvalue weighted by Gasteiger charge is -2.35. The van der Waals surface area contributed by atoms with Gasteiger partial charge in [0.15, 0.2) is 5.82 Å². The number of rotatable bonds is 3. The van der Waals surface area contributed by atoms with E-state index >= 15 is 0 Å². The van der Waals surface area contributed by atoms with Gasteiger partial charge in [0.25, 0.3) is 5.91 Å². The largest absolute Gasteiger partial charge is 0.340 e. The second kappa shape index (κ2) is 6.28. The highest BCUT2D eigenvalue weighted by Gasteiger charge is 2.40. The first-order valence-electron chi connectivity index (χ1n) is 7.58. The summed E-state index contributed by atoms with van der Waals surface area (Å²) in [4.78, 5) is 16.9. The van der Waals surface area contributed by atoms with Crippen LogP contribution in [0.15, 0.2) is 22.7 Å². The van der Waals surface area contributed by atoms with Crippen molar-refractivity contribution in [2.24, 2.45) is 0 Å². The maximum absolute atomic E-state index is 13.2. The molecule has 2 aromatic rings. The van der Waals surface area contributed by atoms with Crippen molar-refractivity contribution in [3.05, 3.63) is 46.3 Å². The number of hydrogen-bond donors (Lipinski definition) is 1. The van der Waals surface area contributed by atoms with Crippen molar-refractivity contribution >= 4 is 17.5 Å². The van der Waals surface area contributed by atoms with Crippen LogP contribution in [0, 0.1) is 12.7 Å². The van der Waals surface area contributed by atoms with Gasteiger partial charge in [-0.1, -0.05) is 36.0 Å². The Hall–Kier alpha value is -1.95. The Labute approximate surface area is 138 Å². The minimum atomic E-state index is -0.662. The molecule has 1 aromatic heterocycles. The first-order chi connectivity index (χ1) is 11.0. The average molecular weight is 338 g/mol. The Morgan fingerprint density at radius 3 is 2.70 bits per heavy atom. The summed E-state index contributed by atoms with van der Waals surface area (Å²) in [5, 5.41) is 7.09. The second-order valence-electron chi connectivity index (χ2n) is 5.86. The lowest BCUT2D eigenvalue weighted by Crippen LogP contribution is -2.48. The predicted molar refractivity (Wildman–Crippen MR) is 82.7 cm³/mol. The van der Waals surface area contributed by atoms with Crippen LogP contribution in [0.1, 0.15) is 54.2 Å². The van der Waals surface area contributed by atoms with Crippen molar-refractivity contribution in [3.63, 3.8) is 0 Å². The third-order valence-corrected chi connectivity index (χ3v) is 4.50. The van der Waals surface area contributed by atoms with Gasteiger partial charge < -0.3 is 9.84 Å². The standard InChI is InChI=1S/C16H17ClFN3O2/c1-10-19-15(21-23-10)16(7-3-2-4-8-16)20-14(22)12-6-5-11(18)9-13(12)17/h5-6,9H,2-4,7-8H2,1H3,(H,20,22). The highest BCUT2D eigenvalue weighted by Crippen LogP contribution is 2.36. The summed E-state index contributed by atoms with van der Waals surface area (Å²) in [7, 11) is 0. The van der Waals surface area contributed by atoms with Crippen LogP contribution in [0.2, 0.25) is 5.02 Å². The molecule has 23 heavy (non-hydrogen) atoms. The van der Waals surface area contributed by atoms with Gasteiger partial charge in [0.2, 0.25) is 5.89 Å². The first kappa shape index (κ1) is 15.9. The lowest BCUT2D eigenvalue weighted by molar-refractivity contribution is 0.0855. The van der Waals surface area contributed by atoms with Crippen molar-refractivity contribution < 1.29 is 13.7 Å². The van der Waals surface area contributed by atoms with E-state index in [9.17, 15) is 9.18 Å². The summed E-state index contributed by atoms with van der Waals surface area (Å²) in [5.41, 5.74) is -0.427. The second-order valence-corrected chi connectivity index (χ2v) is 6.27. The molecule has 1 heterocycles. The third kappa shape index (κ3) is 3.22. The number of halogens is 2. The number of hydrogen-bond acceptors (Lipinski definition) is 4. The summed E-state index contributed by atoms with van der Waals surface area (Å²) in [5.74, 6) is 0.104. The van der Waals surface area contributed by atoms with Crippen LogP contribution in [0.5, 0.6) is 0 Å². The molecule has 0 atom stereocenters. The Morgan fingerprint density at radius 2 is 2.09 bits per heavy atom. The zero-order valence-electron chi connectivity index (χ0n) is 12.7. The van der Waals surface area contributed by atoms with Gasteiger partial charge >= 0.3 is 0 Å². The van der Waals surface area contributed by atoms with E-state index in [2.05, 4.69) is 15.5 Å². The molecule has 1 aliphatic carbocycles. The topological polar surface area (TPSA) is 68.0 Å². The number of aryl methyl sites for hydroxylation is 1. The summed E-state index contributed by atoms with van der Waals surface area (Å²) >= 11 is 5.99. The molecule has 0 saturated heterocycles. The van der Waals surface area contributed by atoms with Crippen LogP contribution >= 0.6 is 11.6 Å². The fraction of sp³-hybridized carbons (Fsp3) is 0.438. The molecule has 1 N–H and O–H groups in total. The quantitative estimate of drug-likeness (QED) is 0.926. The maximum atomic E-state index is 13.2. The number of carbonyl (C=O) groups is 1. The molecule has 1 fully saturated rings. The smallest absolute Gasteiger partial charge is 0.253 e. The number of carbonyl (C=O) groups excluding carboxylic acids is 1. The summed E-state index contributed by atoms with van der Waals surface area (Å²) in [6, 6.07) is 3.72. The minimum absolute atomic E-state index is 0.0813. The van der Waals surface area contributed by atoms with E-state index in [1.54, 1.807) is 6.92 Å². The van der Waals surface area contributed by atoms with Gasteiger partial charge in [-0.15, -0.1) is 0 Å². The van der Waals surface area contributed by atoms with E-state index in [0.717, 1.165) is 38.2 Å². The molecule has 0 aliphatic heterocycles. The van der Waals surface area contributed by atoms with Crippen LogP contribution in [0.3, 0.4) is 0 Å². The van der Waals surface area contributed by atoms with Crippen molar-refractivity contribution in [3.8, 4) is 0 Å². The monoisotopic (exact) mass is 337 g/mol. The van der Waals surface area contributed by atoms with Crippen LogP contribution in [0.25, 0.3) is 0 Å². The summed E-state index contributed by atoms with van der Waals surface area (Å²) in [6.45, 7) is 1.71. The van der Waals surface area contributed by atoms with Crippen molar-refractivity contribution in [2.45, 2.75) is 44.6 Å². The van der Waals surface area contributed by atoms with Crippen LogP contribution in [0.4, 0.5) is 4.39 Å². The Balaban J connectivity index is 1.91. The van der Waals surface area contributed by atoms with E-state index in [4.69, 9.17) is 16.1 Å². The van der Waals surface area contributed by atoms with Crippen molar-refractivity contribution in [1.29, 1.82) is 0 Å². The molecular weight excluding hydrogens is 321 g/mol. The summed E-state index contributed by atoms with van der Waals surface area (Å²) in [6.07, 6.45) is 4.49. The van der Waals surface area contributed by atoms with Crippen LogP contribution in [-0.2, 0) is 5.54 Å². The number of benzene rings is 1. The molecule has 0 bridgehead atoms. The Bertz CT molecular complexity index is 726. The van der Waals surface area contributed by atoms with Gasteiger partial charge in [-0.3, -0.25) is 4.79 Å². The van der Waals surface area contributed by atoms with Crippen LogP contribution < -0.4 is 5.32 Å². The lowest BCUT2D eigenvalue weighted by atomic mass is 9.80. The van der Waals surface area contributed by atoms with Gasteiger partial charge in [-0.05, 0) is 31.0 Å². The zero-order valence-corrected chi connectivity index (χ0v) is 13.5. The predicted octanol–water partition coefficient (Wildman–Crippen LogP) is 3.76. The number of amides is 1. The highest BCUT2D eigenvalue weighted by atomic mass is 35.5. The minimum Gasteiger partial charge on any atom is -0.340 e. The SMILES string of the molecule is Cc1nc(C2(NC(=O)c3ccc(F)cc3Cl)CCCCC2)no1. The molecule has 5 nitrogen and oxygen atoms in total. The molecule has 1 aromatic carbocycles. The molecule has 1 amide bonds. The van der Waals surface area contributed by atoms with Crippen LogP contribution in [-0.4, -0.2) is 16.0 Å². The average Bonchev–Trinajstić information content (AvgIpc) is 2.95. The van der Waals surface area contributed by atoms with Gasteiger partial charge in [-0.2, -0.15) is 4.98 Å². The number of aromatic nitrogens is 2. The molecule has 0 radical (unpaired) electrons. The molecule has 122 valence electrons. The summed E-state index contributed by atoms with van der Waals surface area (Å²) < 4.78 is 18.2. The fourth-order valence-corrected chi connectivity index (χ4v) is 3.26. The van der Waals surface area contributed by atoms with Crippen molar-refractivity contribution in [2.75, 3.05) is 0 Å². The third-order valence-electron chi connectivity index (χ3n) is 4.19. The molecule has 7 heteroatoms. The van der Waals surface area contributed by atoms with Gasteiger partial charge in [0.05, 0.1) is 10.6 Å². The maximum Gasteiger partial charge on any atom is 0.253 e. The van der Waals surface area contributed by atoms with E-state index in [0.29, 0.717) is 11.7 Å². The molecule has 0 spiro atoms. The van der Waals surface area contributed by atoms with Gasteiger partial charge in [-0.25, -0.2) is 4.39 Å². The van der Waals surface area contributed by atoms with E-state index in [-0.39, 0.29) is 16.5 Å². The number of nitrogens with one attached hydrogen (secondary N) is 1. The van der Waals surface area contributed by atoms with Gasteiger partial charge in [0.1, 0.15) is 11.4 Å². The highest BCUT2D eigenvalue weighted by molar-refractivity contribution is 6.33.